The minimum absolute atomic E-state index is 0.0946. The lowest BCUT2D eigenvalue weighted by molar-refractivity contribution is -0.154. The van der Waals surface area contributed by atoms with Crippen molar-refractivity contribution in [2.45, 2.75) is 18.9 Å². The van der Waals surface area contributed by atoms with Crippen molar-refractivity contribution in [2.75, 3.05) is 20.2 Å². The largest absolute Gasteiger partial charge is 0.467 e. The summed E-state index contributed by atoms with van der Waals surface area (Å²) >= 11 is 0. The second-order valence-electron chi connectivity index (χ2n) is 5.32. The van der Waals surface area contributed by atoms with E-state index in [-0.39, 0.29) is 5.92 Å². The molecule has 116 valence electrons. The minimum Gasteiger partial charge on any atom is -0.467 e. The Morgan fingerprint density at radius 3 is 2.59 bits per heavy atom. The molecule has 0 spiro atoms. The van der Waals surface area contributed by atoms with Crippen molar-refractivity contribution < 1.29 is 14.6 Å². The molecule has 1 heterocycles. The van der Waals surface area contributed by atoms with Crippen LogP contribution in [-0.2, 0) is 9.53 Å². The highest BCUT2D eigenvalue weighted by Gasteiger charge is 2.31. The molecule has 1 atom stereocenters. The fraction of sp³-hybridized carbons (Fsp3) is 0.412. The first-order valence-corrected chi connectivity index (χ1v) is 7.33. The SMILES string of the molecule is COC(=O)C(O)C1CCN(/C(=C/C#N)c2ccccc2)CC1. The number of nitrogens with zero attached hydrogens (tertiary/aromatic N) is 2. The minimum atomic E-state index is -1.06. The number of ether oxygens (including phenoxy) is 1. The molecule has 5 nitrogen and oxygen atoms in total. The van der Waals surface area contributed by atoms with E-state index in [4.69, 9.17) is 5.26 Å². The van der Waals surface area contributed by atoms with Gasteiger partial charge in [0, 0.05) is 19.2 Å². The molecule has 0 saturated carbocycles. The van der Waals surface area contributed by atoms with Crippen LogP contribution in [0.1, 0.15) is 18.4 Å². The first kappa shape index (κ1) is 16.1. The second kappa shape index (κ2) is 7.62. The van der Waals surface area contributed by atoms with Gasteiger partial charge in [0.15, 0.2) is 6.10 Å². The lowest BCUT2D eigenvalue weighted by Crippen LogP contribution is -2.40. The van der Waals surface area contributed by atoms with Crippen molar-refractivity contribution in [2.24, 2.45) is 5.92 Å². The molecule has 0 aromatic heterocycles. The summed E-state index contributed by atoms with van der Waals surface area (Å²) in [4.78, 5) is 13.5. The number of allylic oxidation sites excluding steroid dienone is 1. The number of hydrogen-bond acceptors (Lipinski definition) is 5. The van der Waals surface area contributed by atoms with E-state index < -0.39 is 12.1 Å². The lowest BCUT2D eigenvalue weighted by Gasteiger charge is -2.36. The number of aliphatic hydroxyl groups excluding tert-OH is 1. The number of likely N-dealkylation sites (tertiary alicyclic amines) is 1. The number of carbonyl (C=O) groups excluding carboxylic acids is 1. The van der Waals surface area contributed by atoms with Gasteiger partial charge in [-0.1, -0.05) is 30.3 Å². The molecule has 5 heteroatoms. The zero-order valence-electron chi connectivity index (χ0n) is 12.6. The molecule has 22 heavy (non-hydrogen) atoms. The Kier molecular flexibility index (Phi) is 5.56. The molecule has 2 rings (SSSR count). The van der Waals surface area contributed by atoms with Gasteiger partial charge in [-0.15, -0.1) is 0 Å². The van der Waals surface area contributed by atoms with Gasteiger partial charge in [0.25, 0.3) is 0 Å². The first-order valence-electron chi connectivity index (χ1n) is 7.33. The Morgan fingerprint density at radius 1 is 1.41 bits per heavy atom. The Morgan fingerprint density at radius 2 is 2.05 bits per heavy atom. The quantitative estimate of drug-likeness (QED) is 0.678. The highest BCUT2D eigenvalue weighted by Crippen LogP contribution is 2.27. The summed E-state index contributed by atoms with van der Waals surface area (Å²) in [6.45, 7) is 1.39. The molecule has 0 aliphatic carbocycles. The highest BCUT2D eigenvalue weighted by atomic mass is 16.5. The van der Waals surface area contributed by atoms with Gasteiger partial charge in [-0.3, -0.25) is 0 Å². The topological polar surface area (TPSA) is 73.6 Å². The Labute approximate surface area is 130 Å². The van der Waals surface area contributed by atoms with Gasteiger partial charge in [-0.25, -0.2) is 4.79 Å². The molecule has 0 amide bonds. The van der Waals surface area contributed by atoms with Crippen LogP contribution < -0.4 is 0 Å². The smallest absolute Gasteiger partial charge is 0.334 e. The number of benzene rings is 1. The summed E-state index contributed by atoms with van der Waals surface area (Å²) < 4.78 is 4.59. The molecule has 1 N–H and O–H groups in total. The second-order valence-corrected chi connectivity index (χ2v) is 5.32. The average molecular weight is 300 g/mol. The summed E-state index contributed by atoms with van der Waals surface area (Å²) in [5, 5.41) is 18.9. The molecule has 1 aromatic carbocycles. The van der Waals surface area contributed by atoms with Gasteiger partial charge >= 0.3 is 5.97 Å². The third-order valence-electron chi connectivity index (χ3n) is 4.04. The van der Waals surface area contributed by atoms with E-state index in [0.717, 1.165) is 11.3 Å². The first-order chi connectivity index (χ1) is 10.7. The number of esters is 1. The molecule has 1 aromatic rings. The van der Waals surface area contributed by atoms with Crippen LogP contribution in [0, 0.1) is 17.2 Å². The van der Waals surface area contributed by atoms with Crippen LogP contribution in [0.2, 0.25) is 0 Å². The lowest BCUT2D eigenvalue weighted by atomic mass is 9.90. The van der Waals surface area contributed by atoms with Crippen molar-refractivity contribution in [3.05, 3.63) is 42.0 Å². The fourth-order valence-corrected chi connectivity index (χ4v) is 2.80. The molecule has 1 unspecified atom stereocenters. The van der Waals surface area contributed by atoms with E-state index in [0.29, 0.717) is 25.9 Å². The Hall–Kier alpha value is -2.32. The van der Waals surface area contributed by atoms with E-state index in [1.807, 2.05) is 30.3 Å². The van der Waals surface area contributed by atoms with E-state index >= 15 is 0 Å². The Balaban J connectivity index is 2.05. The normalized spacial score (nSPS) is 17.7. The van der Waals surface area contributed by atoms with Crippen molar-refractivity contribution in [3.8, 4) is 6.07 Å². The number of hydrogen-bond donors (Lipinski definition) is 1. The number of rotatable bonds is 4. The third-order valence-corrected chi connectivity index (χ3v) is 4.04. The zero-order valence-corrected chi connectivity index (χ0v) is 12.6. The highest BCUT2D eigenvalue weighted by molar-refractivity contribution is 5.74. The molecule has 1 aliphatic rings. The van der Waals surface area contributed by atoms with Crippen molar-refractivity contribution in [3.63, 3.8) is 0 Å². The molecular formula is C17H20N2O3. The molecule has 1 saturated heterocycles. The zero-order chi connectivity index (χ0) is 15.9. The van der Waals surface area contributed by atoms with Crippen LogP contribution in [0.4, 0.5) is 0 Å². The molecule has 0 radical (unpaired) electrons. The average Bonchev–Trinajstić information content (AvgIpc) is 2.59. The van der Waals surface area contributed by atoms with Gasteiger partial charge < -0.3 is 14.7 Å². The summed E-state index contributed by atoms with van der Waals surface area (Å²) in [6.07, 6.45) is 1.86. The number of piperidine rings is 1. The van der Waals surface area contributed by atoms with Crippen LogP contribution in [0.3, 0.4) is 0 Å². The maximum Gasteiger partial charge on any atom is 0.334 e. The summed E-state index contributed by atoms with van der Waals surface area (Å²) in [5.41, 5.74) is 1.88. The van der Waals surface area contributed by atoms with Crippen LogP contribution in [0.5, 0.6) is 0 Å². The predicted octanol–water partition coefficient (Wildman–Crippen LogP) is 1.80. The Bertz CT molecular complexity index is 569. The number of methoxy groups -OCH3 is 1. The number of nitriles is 1. The van der Waals surface area contributed by atoms with Crippen LogP contribution in [0.25, 0.3) is 5.70 Å². The van der Waals surface area contributed by atoms with E-state index in [1.165, 1.54) is 7.11 Å². The van der Waals surface area contributed by atoms with Gasteiger partial charge in [-0.2, -0.15) is 5.26 Å². The summed E-state index contributed by atoms with van der Waals surface area (Å²) in [5.74, 6) is -0.669. The van der Waals surface area contributed by atoms with Gasteiger partial charge in [0.2, 0.25) is 0 Å². The maximum atomic E-state index is 11.4. The van der Waals surface area contributed by atoms with Crippen molar-refractivity contribution >= 4 is 11.7 Å². The van der Waals surface area contributed by atoms with Crippen molar-refractivity contribution in [1.82, 2.24) is 4.90 Å². The van der Waals surface area contributed by atoms with Gasteiger partial charge in [0.05, 0.1) is 18.9 Å². The van der Waals surface area contributed by atoms with E-state index in [2.05, 4.69) is 15.7 Å². The third kappa shape index (κ3) is 3.66. The standard InChI is InChI=1S/C17H20N2O3/c1-22-17(21)16(20)14-8-11-19(12-9-14)15(7-10-18)13-5-3-2-4-6-13/h2-7,14,16,20H,8-9,11-12H2,1H3/b15-7+. The maximum absolute atomic E-state index is 11.4. The van der Waals surface area contributed by atoms with Crippen LogP contribution in [-0.4, -0.2) is 42.3 Å². The van der Waals surface area contributed by atoms with E-state index in [9.17, 15) is 9.90 Å². The van der Waals surface area contributed by atoms with Crippen LogP contribution >= 0.6 is 0 Å². The molecule has 1 aliphatic heterocycles. The molecule has 0 bridgehead atoms. The fourth-order valence-electron chi connectivity index (χ4n) is 2.80. The summed E-state index contributed by atoms with van der Waals surface area (Å²) in [7, 11) is 1.28. The number of carbonyl (C=O) groups is 1. The van der Waals surface area contributed by atoms with Crippen molar-refractivity contribution in [1.29, 1.82) is 5.26 Å². The van der Waals surface area contributed by atoms with E-state index in [1.54, 1.807) is 6.08 Å². The number of aliphatic hydroxyl groups is 1. The summed E-state index contributed by atoms with van der Waals surface area (Å²) in [6, 6.07) is 11.9. The van der Waals surface area contributed by atoms with Gasteiger partial charge in [-0.05, 0) is 24.3 Å². The monoisotopic (exact) mass is 300 g/mol. The predicted molar refractivity (Wildman–Crippen MR) is 82.4 cm³/mol. The molecule has 1 fully saturated rings. The van der Waals surface area contributed by atoms with Gasteiger partial charge in [0.1, 0.15) is 0 Å². The van der Waals surface area contributed by atoms with Crippen LogP contribution in [0.15, 0.2) is 36.4 Å². The molecular weight excluding hydrogens is 280 g/mol.